The number of nitrogens with zero attached hydrogens (tertiary/aromatic N) is 4. The van der Waals surface area contributed by atoms with Crippen LogP contribution < -0.4 is 10.1 Å². The molecule has 1 unspecified atom stereocenters. The Balaban J connectivity index is 1.66. The molecular formula is C18H18FN5O2S. The Morgan fingerprint density at radius 1 is 1.26 bits per heavy atom. The predicted molar refractivity (Wildman–Crippen MR) is 99.3 cm³/mol. The van der Waals surface area contributed by atoms with E-state index in [9.17, 15) is 9.18 Å². The monoisotopic (exact) mass is 387 g/mol. The number of carbonyl (C=O) groups excluding carboxylic acids is 1. The summed E-state index contributed by atoms with van der Waals surface area (Å²) in [5.41, 5.74) is 1.51. The van der Waals surface area contributed by atoms with Crippen LogP contribution in [0.5, 0.6) is 5.75 Å². The van der Waals surface area contributed by atoms with Gasteiger partial charge in [0.05, 0.1) is 12.4 Å². The molecule has 0 fully saturated rings. The normalized spacial score (nSPS) is 11.8. The lowest BCUT2D eigenvalue weighted by atomic mass is 10.2. The third-order valence-electron chi connectivity index (χ3n) is 3.79. The van der Waals surface area contributed by atoms with E-state index < -0.39 is 5.25 Å². The molecule has 0 radical (unpaired) electrons. The lowest BCUT2D eigenvalue weighted by Gasteiger charge is -2.13. The molecule has 0 aliphatic rings. The van der Waals surface area contributed by atoms with Crippen LogP contribution in [0, 0.1) is 5.82 Å². The summed E-state index contributed by atoms with van der Waals surface area (Å²) < 4.78 is 19.8. The topological polar surface area (TPSA) is 81.9 Å². The van der Waals surface area contributed by atoms with Crippen LogP contribution in [0.3, 0.4) is 0 Å². The molecule has 3 rings (SSSR count). The first-order valence-electron chi connectivity index (χ1n) is 8.19. The molecule has 7 nitrogen and oxygen atoms in total. The third-order valence-corrected chi connectivity index (χ3v) is 4.82. The number of tetrazole rings is 1. The first-order valence-corrected chi connectivity index (χ1v) is 9.07. The van der Waals surface area contributed by atoms with Crippen LogP contribution in [0.4, 0.5) is 4.39 Å². The van der Waals surface area contributed by atoms with E-state index in [0.717, 1.165) is 5.56 Å². The molecule has 0 bridgehead atoms. The van der Waals surface area contributed by atoms with Crippen LogP contribution in [0.25, 0.3) is 5.69 Å². The van der Waals surface area contributed by atoms with Crippen LogP contribution in [-0.4, -0.2) is 38.5 Å². The van der Waals surface area contributed by atoms with Gasteiger partial charge in [0.1, 0.15) is 17.3 Å². The maximum atomic E-state index is 12.9. The standard InChI is InChI=1S/C18H18FN5O2S/c1-12(17(25)20-11-13-7-9-14(19)10-8-13)27-18-21-22-23-24(18)15-5-3-4-6-16(15)26-2/h3-10,12H,11H2,1-2H3,(H,20,25). The molecule has 0 aliphatic carbocycles. The van der Waals surface area contributed by atoms with E-state index in [-0.39, 0.29) is 11.7 Å². The highest BCUT2D eigenvalue weighted by atomic mass is 32.2. The number of para-hydroxylation sites is 2. The van der Waals surface area contributed by atoms with Crippen molar-refractivity contribution in [3.63, 3.8) is 0 Å². The maximum absolute atomic E-state index is 12.9. The Bertz CT molecular complexity index is 916. The Labute approximate surface area is 159 Å². The van der Waals surface area contributed by atoms with Gasteiger partial charge in [0.2, 0.25) is 11.1 Å². The smallest absolute Gasteiger partial charge is 0.233 e. The minimum atomic E-state index is -0.426. The van der Waals surface area contributed by atoms with E-state index >= 15 is 0 Å². The number of nitrogens with one attached hydrogen (secondary N) is 1. The largest absolute Gasteiger partial charge is 0.494 e. The second-order valence-electron chi connectivity index (χ2n) is 5.65. The van der Waals surface area contributed by atoms with Crippen LogP contribution in [0.2, 0.25) is 0 Å². The zero-order valence-corrected chi connectivity index (χ0v) is 15.6. The summed E-state index contributed by atoms with van der Waals surface area (Å²) in [4.78, 5) is 12.4. The average Bonchev–Trinajstić information content (AvgIpc) is 3.15. The molecule has 140 valence electrons. The summed E-state index contributed by atoms with van der Waals surface area (Å²) in [5.74, 6) is 0.149. The van der Waals surface area contributed by atoms with Crippen molar-refractivity contribution in [3.05, 3.63) is 59.9 Å². The number of hydrogen-bond acceptors (Lipinski definition) is 6. The average molecular weight is 387 g/mol. The quantitative estimate of drug-likeness (QED) is 0.628. The number of carbonyl (C=O) groups is 1. The summed E-state index contributed by atoms with van der Waals surface area (Å²) >= 11 is 1.24. The molecule has 9 heteroatoms. The molecule has 0 aliphatic heterocycles. The lowest BCUT2D eigenvalue weighted by molar-refractivity contribution is -0.120. The summed E-state index contributed by atoms with van der Waals surface area (Å²) in [7, 11) is 1.57. The highest BCUT2D eigenvalue weighted by Gasteiger charge is 2.20. The van der Waals surface area contributed by atoms with Crippen molar-refractivity contribution in [2.45, 2.75) is 23.9 Å². The van der Waals surface area contributed by atoms with Crippen molar-refractivity contribution in [1.29, 1.82) is 0 Å². The summed E-state index contributed by atoms with van der Waals surface area (Å²) in [5, 5.41) is 14.6. The minimum Gasteiger partial charge on any atom is -0.494 e. The zero-order chi connectivity index (χ0) is 19.2. The molecule has 0 saturated carbocycles. The number of methoxy groups -OCH3 is 1. The van der Waals surface area contributed by atoms with Gasteiger partial charge in [-0.25, -0.2) is 4.39 Å². The van der Waals surface area contributed by atoms with Crippen molar-refractivity contribution in [3.8, 4) is 11.4 Å². The van der Waals surface area contributed by atoms with E-state index in [0.29, 0.717) is 23.1 Å². The van der Waals surface area contributed by atoms with Crippen molar-refractivity contribution >= 4 is 17.7 Å². The number of hydrogen-bond donors (Lipinski definition) is 1. The van der Waals surface area contributed by atoms with E-state index in [1.54, 1.807) is 26.2 Å². The molecular weight excluding hydrogens is 369 g/mol. The molecule has 1 amide bonds. The molecule has 0 spiro atoms. The van der Waals surface area contributed by atoms with Gasteiger partial charge in [0, 0.05) is 6.54 Å². The minimum absolute atomic E-state index is 0.168. The molecule has 1 atom stereocenters. The first kappa shape index (κ1) is 18.8. The third kappa shape index (κ3) is 4.62. The van der Waals surface area contributed by atoms with E-state index in [2.05, 4.69) is 20.8 Å². The van der Waals surface area contributed by atoms with Crippen LogP contribution >= 0.6 is 11.8 Å². The lowest BCUT2D eigenvalue weighted by Crippen LogP contribution is -2.30. The fourth-order valence-corrected chi connectivity index (χ4v) is 3.18. The molecule has 1 aromatic heterocycles. The molecule has 3 aromatic rings. The highest BCUT2D eigenvalue weighted by molar-refractivity contribution is 8.00. The summed E-state index contributed by atoms with van der Waals surface area (Å²) in [6.07, 6.45) is 0. The number of thioether (sulfide) groups is 1. The van der Waals surface area contributed by atoms with Gasteiger partial charge in [-0.05, 0) is 47.2 Å². The fourth-order valence-electron chi connectivity index (χ4n) is 2.36. The van der Waals surface area contributed by atoms with E-state index in [1.165, 1.54) is 28.6 Å². The number of benzene rings is 2. The van der Waals surface area contributed by atoms with E-state index in [4.69, 9.17) is 4.74 Å². The van der Waals surface area contributed by atoms with Crippen molar-refractivity contribution < 1.29 is 13.9 Å². The number of rotatable bonds is 7. The van der Waals surface area contributed by atoms with Gasteiger partial charge in [-0.3, -0.25) is 4.79 Å². The van der Waals surface area contributed by atoms with Crippen LogP contribution in [-0.2, 0) is 11.3 Å². The molecule has 2 aromatic carbocycles. The Morgan fingerprint density at radius 2 is 2.00 bits per heavy atom. The zero-order valence-electron chi connectivity index (χ0n) is 14.8. The first-order chi connectivity index (χ1) is 13.1. The van der Waals surface area contributed by atoms with Crippen molar-refractivity contribution in [1.82, 2.24) is 25.5 Å². The number of ether oxygens (including phenoxy) is 1. The molecule has 0 saturated heterocycles. The molecule has 27 heavy (non-hydrogen) atoms. The van der Waals surface area contributed by atoms with Gasteiger partial charge in [0.25, 0.3) is 0 Å². The number of halogens is 1. The molecule has 1 heterocycles. The fraction of sp³-hybridized carbons (Fsp3) is 0.222. The van der Waals surface area contributed by atoms with Crippen molar-refractivity contribution in [2.24, 2.45) is 0 Å². The van der Waals surface area contributed by atoms with Crippen LogP contribution in [0.1, 0.15) is 12.5 Å². The van der Waals surface area contributed by atoms with Gasteiger partial charge in [-0.2, -0.15) is 4.68 Å². The van der Waals surface area contributed by atoms with Crippen molar-refractivity contribution in [2.75, 3.05) is 7.11 Å². The Morgan fingerprint density at radius 3 is 2.74 bits per heavy atom. The van der Waals surface area contributed by atoms with Gasteiger partial charge >= 0.3 is 0 Å². The Hall–Kier alpha value is -2.94. The van der Waals surface area contributed by atoms with Crippen LogP contribution in [0.15, 0.2) is 53.7 Å². The summed E-state index contributed by atoms with van der Waals surface area (Å²) in [6.45, 7) is 2.09. The Kier molecular flexibility index (Phi) is 6.02. The van der Waals surface area contributed by atoms with Gasteiger partial charge in [-0.1, -0.05) is 36.0 Å². The highest BCUT2D eigenvalue weighted by Crippen LogP contribution is 2.27. The summed E-state index contributed by atoms with van der Waals surface area (Å²) in [6, 6.07) is 13.3. The predicted octanol–water partition coefficient (Wildman–Crippen LogP) is 2.61. The van der Waals surface area contributed by atoms with Gasteiger partial charge < -0.3 is 10.1 Å². The van der Waals surface area contributed by atoms with Gasteiger partial charge in [0.15, 0.2) is 0 Å². The second kappa shape index (κ2) is 8.63. The van der Waals surface area contributed by atoms with Gasteiger partial charge in [-0.15, -0.1) is 5.10 Å². The number of amides is 1. The SMILES string of the molecule is COc1ccccc1-n1nnnc1SC(C)C(=O)NCc1ccc(F)cc1. The molecule has 1 N–H and O–H groups in total. The van der Waals surface area contributed by atoms with E-state index in [1.807, 2.05) is 24.3 Å². The number of aromatic nitrogens is 4. The maximum Gasteiger partial charge on any atom is 0.233 e. The second-order valence-corrected chi connectivity index (χ2v) is 6.96.